The largest absolute Gasteiger partial charge is 0.491 e. The second-order valence-corrected chi connectivity index (χ2v) is 5.27. The van der Waals surface area contributed by atoms with Crippen LogP contribution in [-0.4, -0.2) is 28.5 Å². The number of hydrogen-bond donors (Lipinski definition) is 1. The molecular weight excluding hydrogens is 266 g/mol. The Hall–Kier alpha value is -2.14. The minimum Gasteiger partial charge on any atom is -0.491 e. The highest BCUT2D eigenvalue weighted by Crippen LogP contribution is 2.31. The van der Waals surface area contributed by atoms with Gasteiger partial charge < -0.3 is 9.72 Å². The Morgan fingerprint density at radius 2 is 2.38 bits per heavy atom. The van der Waals surface area contributed by atoms with Crippen LogP contribution in [0.4, 0.5) is 0 Å². The highest BCUT2D eigenvalue weighted by atomic mass is 16.5. The maximum Gasteiger partial charge on any atom is 0.223 e. The van der Waals surface area contributed by atoms with Crippen molar-refractivity contribution >= 4 is 0 Å². The normalized spacial score (nSPS) is 18.8. The standard InChI is InChI=1S/C16H19N3O2/c1-21-16-10-18-12(9-15(16)20)11-19-8-4-6-14(19)13-5-2-3-7-17-13/h2-3,5,7,9-10,14H,4,6,8,11H2,1H3,(H,18,20)/t14-/m1/s1. The van der Waals surface area contributed by atoms with Crippen LogP contribution >= 0.6 is 0 Å². The summed E-state index contributed by atoms with van der Waals surface area (Å²) in [5.74, 6) is 0.349. The number of methoxy groups -OCH3 is 1. The third-order valence-corrected chi connectivity index (χ3v) is 3.92. The van der Waals surface area contributed by atoms with Crippen LogP contribution in [0.1, 0.15) is 30.3 Å². The highest BCUT2D eigenvalue weighted by molar-refractivity contribution is 5.20. The maximum absolute atomic E-state index is 11.8. The summed E-state index contributed by atoms with van der Waals surface area (Å²) >= 11 is 0. The molecule has 1 N–H and O–H groups in total. The van der Waals surface area contributed by atoms with Gasteiger partial charge >= 0.3 is 0 Å². The molecule has 0 aromatic carbocycles. The summed E-state index contributed by atoms with van der Waals surface area (Å²) in [6.45, 7) is 1.75. The molecule has 1 aliphatic rings. The van der Waals surface area contributed by atoms with Crippen molar-refractivity contribution in [3.05, 3.63) is 58.3 Å². The number of hydrogen-bond acceptors (Lipinski definition) is 4. The summed E-state index contributed by atoms with van der Waals surface area (Å²) in [5.41, 5.74) is 1.93. The molecule has 3 rings (SSSR count). The first-order valence-corrected chi connectivity index (χ1v) is 7.18. The lowest BCUT2D eigenvalue weighted by Gasteiger charge is -2.23. The molecule has 0 radical (unpaired) electrons. The summed E-state index contributed by atoms with van der Waals surface area (Å²) in [6, 6.07) is 7.97. The number of ether oxygens (including phenoxy) is 1. The summed E-state index contributed by atoms with van der Waals surface area (Å²) in [4.78, 5) is 21.8. The van der Waals surface area contributed by atoms with Gasteiger partial charge in [0.15, 0.2) is 5.75 Å². The first kappa shape index (κ1) is 13.8. The van der Waals surface area contributed by atoms with Gasteiger partial charge in [-0.3, -0.25) is 14.7 Å². The predicted molar refractivity (Wildman–Crippen MR) is 80.2 cm³/mol. The van der Waals surface area contributed by atoms with Gasteiger partial charge in [-0.15, -0.1) is 0 Å². The molecule has 1 aliphatic heterocycles. The quantitative estimate of drug-likeness (QED) is 0.934. The molecule has 0 saturated carbocycles. The van der Waals surface area contributed by atoms with Gasteiger partial charge in [0.05, 0.1) is 18.8 Å². The van der Waals surface area contributed by atoms with Crippen molar-refractivity contribution in [3.63, 3.8) is 0 Å². The van der Waals surface area contributed by atoms with Crippen LogP contribution in [0.5, 0.6) is 5.75 Å². The third-order valence-electron chi connectivity index (χ3n) is 3.92. The van der Waals surface area contributed by atoms with E-state index in [-0.39, 0.29) is 5.43 Å². The minimum absolute atomic E-state index is 0.0835. The van der Waals surface area contributed by atoms with E-state index in [0.29, 0.717) is 11.8 Å². The van der Waals surface area contributed by atoms with E-state index >= 15 is 0 Å². The Bertz CT molecular complexity index is 654. The molecule has 5 heteroatoms. The number of H-pyrrole nitrogens is 1. The lowest BCUT2D eigenvalue weighted by Crippen LogP contribution is -2.24. The average Bonchev–Trinajstić information content (AvgIpc) is 2.96. The predicted octanol–water partition coefficient (Wildman–Crippen LogP) is 2.12. The Morgan fingerprint density at radius 3 is 3.10 bits per heavy atom. The van der Waals surface area contributed by atoms with Crippen molar-refractivity contribution in [1.29, 1.82) is 0 Å². The smallest absolute Gasteiger partial charge is 0.223 e. The van der Waals surface area contributed by atoms with Crippen LogP contribution in [0.25, 0.3) is 0 Å². The van der Waals surface area contributed by atoms with Crippen LogP contribution in [-0.2, 0) is 6.54 Å². The Labute approximate surface area is 123 Å². The second-order valence-electron chi connectivity index (χ2n) is 5.27. The van der Waals surface area contributed by atoms with Gasteiger partial charge in [0.2, 0.25) is 5.43 Å². The van der Waals surface area contributed by atoms with E-state index in [4.69, 9.17) is 4.74 Å². The van der Waals surface area contributed by atoms with E-state index in [2.05, 4.69) is 20.9 Å². The van der Waals surface area contributed by atoms with E-state index < -0.39 is 0 Å². The van der Waals surface area contributed by atoms with Crippen molar-refractivity contribution in [1.82, 2.24) is 14.9 Å². The van der Waals surface area contributed by atoms with Gasteiger partial charge in [0.25, 0.3) is 0 Å². The third kappa shape index (κ3) is 2.97. The molecule has 0 amide bonds. The van der Waals surface area contributed by atoms with Gasteiger partial charge in [0, 0.05) is 30.7 Å². The number of aromatic nitrogens is 2. The Balaban J connectivity index is 1.78. The lowest BCUT2D eigenvalue weighted by atomic mass is 10.1. The first-order valence-electron chi connectivity index (χ1n) is 7.18. The molecule has 0 unspecified atom stereocenters. The van der Waals surface area contributed by atoms with E-state index in [9.17, 15) is 4.79 Å². The van der Waals surface area contributed by atoms with Gasteiger partial charge in [-0.1, -0.05) is 6.07 Å². The molecule has 1 fully saturated rings. The monoisotopic (exact) mass is 285 g/mol. The fourth-order valence-corrected chi connectivity index (χ4v) is 2.89. The van der Waals surface area contributed by atoms with Crippen LogP contribution < -0.4 is 10.2 Å². The summed E-state index contributed by atoms with van der Waals surface area (Å²) in [5, 5.41) is 0. The zero-order valence-corrected chi connectivity index (χ0v) is 12.1. The van der Waals surface area contributed by atoms with E-state index in [1.807, 2.05) is 18.3 Å². The fraction of sp³-hybridized carbons (Fsp3) is 0.375. The average molecular weight is 285 g/mol. The van der Waals surface area contributed by atoms with E-state index in [1.165, 1.54) is 7.11 Å². The van der Waals surface area contributed by atoms with Crippen LogP contribution in [0.3, 0.4) is 0 Å². The van der Waals surface area contributed by atoms with Crippen molar-refractivity contribution in [2.24, 2.45) is 0 Å². The van der Waals surface area contributed by atoms with Crippen LogP contribution in [0.15, 0.2) is 41.5 Å². The number of nitrogens with zero attached hydrogens (tertiary/aromatic N) is 2. The van der Waals surface area contributed by atoms with Crippen molar-refractivity contribution in [2.75, 3.05) is 13.7 Å². The maximum atomic E-state index is 11.8. The van der Waals surface area contributed by atoms with Gasteiger partial charge in [-0.2, -0.15) is 0 Å². The molecule has 1 saturated heterocycles. The van der Waals surface area contributed by atoms with Crippen molar-refractivity contribution in [2.45, 2.75) is 25.4 Å². The molecule has 110 valence electrons. The Morgan fingerprint density at radius 1 is 1.48 bits per heavy atom. The van der Waals surface area contributed by atoms with Crippen molar-refractivity contribution in [3.8, 4) is 5.75 Å². The van der Waals surface area contributed by atoms with Crippen LogP contribution in [0.2, 0.25) is 0 Å². The zero-order chi connectivity index (χ0) is 14.7. The van der Waals surface area contributed by atoms with E-state index in [0.717, 1.165) is 37.3 Å². The van der Waals surface area contributed by atoms with E-state index in [1.54, 1.807) is 12.3 Å². The number of nitrogens with one attached hydrogen (secondary N) is 1. The van der Waals surface area contributed by atoms with Crippen LogP contribution in [0, 0.1) is 0 Å². The Kier molecular flexibility index (Phi) is 4.01. The topological polar surface area (TPSA) is 58.2 Å². The number of rotatable bonds is 4. The van der Waals surface area contributed by atoms with Gasteiger partial charge in [-0.05, 0) is 31.5 Å². The first-order chi connectivity index (χ1) is 10.3. The zero-order valence-electron chi connectivity index (χ0n) is 12.1. The lowest BCUT2D eigenvalue weighted by molar-refractivity contribution is 0.241. The summed E-state index contributed by atoms with van der Waals surface area (Å²) in [7, 11) is 1.50. The number of pyridine rings is 2. The van der Waals surface area contributed by atoms with Gasteiger partial charge in [-0.25, -0.2) is 0 Å². The van der Waals surface area contributed by atoms with Gasteiger partial charge in [0.1, 0.15) is 0 Å². The minimum atomic E-state index is -0.0835. The summed E-state index contributed by atoms with van der Waals surface area (Å²) < 4.78 is 4.99. The molecule has 21 heavy (non-hydrogen) atoms. The molecule has 1 atom stereocenters. The number of aromatic amines is 1. The molecule has 2 aromatic rings. The molecular formula is C16H19N3O2. The molecule has 0 aliphatic carbocycles. The fourth-order valence-electron chi connectivity index (χ4n) is 2.89. The van der Waals surface area contributed by atoms with Crippen molar-refractivity contribution < 1.29 is 4.74 Å². The SMILES string of the molecule is COc1c[nH]c(CN2CCC[C@@H]2c2ccccn2)cc1=O. The second kappa shape index (κ2) is 6.10. The molecule has 0 bridgehead atoms. The highest BCUT2D eigenvalue weighted by Gasteiger charge is 2.27. The molecule has 5 nitrogen and oxygen atoms in total. The molecule has 2 aromatic heterocycles. The number of likely N-dealkylation sites (tertiary alicyclic amines) is 1. The molecule has 0 spiro atoms. The summed E-state index contributed by atoms with van der Waals surface area (Å²) in [6.07, 6.45) is 5.73. The molecule has 3 heterocycles.